The molecule has 1 aliphatic heterocycles. The molecule has 1 amide bonds. The molecule has 2 aromatic rings. The van der Waals surface area contributed by atoms with E-state index in [9.17, 15) is 9.18 Å². The Labute approximate surface area is 144 Å². The minimum Gasteiger partial charge on any atom is -0.497 e. The van der Waals surface area contributed by atoms with Crippen LogP contribution < -0.4 is 4.74 Å². The van der Waals surface area contributed by atoms with E-state index < -0.39 is 0 Å². The van der Waals surface area contributed by atoms with E-state index in [0.29, 0.717) is 36.0 Å². The molecule has 3 rings (SSSR count). The fourth-order valence-electron chi connectivity index (χ4n) is 2.49. The molecular formula is C18H17ClFNO3. The van der Waals surface area contributed by atoms with Crippen LogP contribution in [-0.2, 0) is 11.3 Å². The summed E-state index contributed by atoms with van der Waals surface area (Å²) < 4.78 is 23.9. The number of halogens is 2. The van der Waals surface area contributed by atoms with E-state index in [1.54, 1.807) is 42.3 Å². The molecule has 24 heavy (non-hydrogen) atoms. The number of nitrogens with zero attached hydrogens (tertiary/aromatic N) is 1. The third-order valence-corrected chi connectivity index (χ3v) is 4.29. The minimum atomic E-state index is -0.373. The van der Waals surface area contributed by atoms with Gasteiger partial charge in [-0.3, -0.25) is 4.79 Å². The zero-order chi connectivity index (χ0) is 17.1. The molecule has 0 bridgehead atoms. The van der Waals surface area contributed by atoms with Crippen LogP contribution >= 0.6 is 11.6 Å². The molecule has 0 radical (unpaired) electrons. The van der Waals surface area contributed by atoms with Crippen molar-refractivity contribution in [1.82, 2.24) is 4.90 Å². The maximum Gasteiger partial charge on any atom is 0.254 e. The van der Waals surface area contributed by atoms with Gasteiger partial charge in [0.1, 0.15) is 11.6 Å². The van der Waals surface area contributed by atoms with E-state index in [1.807, 2.05) is 0 Å². The molecule has 0 aromatic heterocycles. The zero-order valence-corrected chi connectivity index (χ0v) is 13.9. The van der Waals surface area contributed by atoms with Crippen molar-refractivity contribution >= 4 is 17.5 Å². The number of methoxy groups -OCH3 is 1. The van der Waals surface area contributed by atoms with Gasteiger partial charge < -0.3 is 14.4 Å². The highest BCUT2D eigenvalue weighted by atomic mass is 35.5. The Kier molecular flexibility index (Phi) is 5.02. The number of likely N-dealkylation sites (tertiary alicyclic amines) is 1. The number of carbonyl (C=O) groups excluding carboxylic acids is 1. The highest BCUT2D eigenvalue weighted by molar-refractivity contribution is 6.31. The van der Waals surface area contributed by atoms with Crippen LogP contribution in [0, 0.1) is 5.82 Å². The van der Waals surface area contributed by atoms with Crippen molar-refractivity contribution in [3.63, 3.8) is 0 Å². The van der Waals surface area contributed by atoms with Crippen LogP contribution in [0.15, 0.2) is 42.5 Å². The van der Waals surface area contributed by atoms with Gasteiger partial charge in [-0.25, -0.2) is 4.39 Å². The Bertz CT molecular complexity index is 747. The van der Waals surface area contributed by atoms with Crippen LogP contribution in [0.1, 0.15) is 15.9 Å². The lowest BCUT2D eigenvalue weighted by Gasteiger charge is -2.39. The maximum absolute atomic E-state index is 13.0. The molecule has 1 saturated heterocycles. The normalized spacial score (nSPS) is 14.4. The molecule has 1 heterocycles. The van der Waals surface area contributed by atoms with E-state index >= 15 is 0 Å². The minimum absolute atomic E-state index is 0.0410. The summed E-state index contributed by atoms with van der Waals surface area (Å²) in [7, 11) is 1.57. The first-order valence-corrected chi connectivity index (χ1v) is 7.93. The summed E-state index contributed by atoms with van der Waals surface area (Å²) in [5.74, 6) is 0.233. The summed E-state index contributed by atoms with van der Waals surface area (Å²) in [5, 5.41) is 0.346. The van der Waals surface area contributed by atoms with E-state index in [-0.39, 0.29) is 17.8 Å². The van der Waals surface area contributed by atoms with Gasteiger partial charge in [0.15, 0.2) is 0 Å². The van der Waals surface area contributed by atoms with Crippen molar-refractivity contribution in [1.29, 1.82) is 0 Å². The topological polar surface area (TPSA) is 38.8 Å². The van der Waals surface area contributed by atoms with E-state index in [2.05, 4.69) is 0 Å². The molecule has 4 nitrogen and oxygen atoms in total. The number of ether oxygens (including phenoxy) is 2. The van der Waals surface area contributed by atoms with Gasteiger partial charge >= 0.3 is 0 Å². The number of hydrogen-bond acceptors (Lipinski definition) is 3. The number of hydrogen-bond donors (Lipinski definition) is 0. The first-order chi connectivity index (χ1) is 11.6. The molecule has 2 aromatic carbocycles. The standard InChI is InChI=1S/C18H17ClFNO3/c1-23-15-4-2-3-12(7-15)18(22)21-9-16(10-21)24-11-13-5-6-14(20)8-17(13)19/h2-8,16H,9-11H2,1H3. The fourth-order valence-corrected chi connectivity index (χ4v) is 2.72. The van der Waals surface area contributed by atoms with Gasteiger partial charge in [0, 0.05) is 23.7 Å². The lowest BCUT2D eigenvalue weighted by Crippen LogP contribution is -2.54. The Morgan fingerprint density at radius 3 is 2.79 bits per heavy atom. The Morgan fingerprint density at radius 1 is 1.29 bits per heavy atom. The second kappa shape index (κ2) is 7.20. The van der Waals surface area contributed by atoms with Crippen LogP contribution in [-0.4, -0.2) is 37.1 Å². The molecular weight excluding hydrogens is 333 g/mol. The van der Waals surface area contributed by atoms with Crippen LogP contribution in [0.4, 0.5) is 4.39 Å². The molecule has 1 fully saturated rings. The fraction of sp³-hybridized carbons (Fsp3) is 0.278. The molecule has 0 aliphatic carbocycles. The Hall–Kier alpha value is -2.11. The molecule has 0 N–H and O–H groups in total. The average Bonchev–Trinajstić information content (AvgIpc) is 2.55. The predicted molar refractivity (Wildman–Crippen MR) is 88.9 cm³/mol. The third kappa shape index (κ3) is 3.68. The maximum atomic E-state index is 13.0. The van der Waals surface area contributed by atoms with Gasteiger partial charge in [0.2, 0.25) is 0 Å². The van der Waals surface area contributed by atoms with Gasteiger partial charge in [0.25, 0.3) is 5.91 Å². The Balaban J connectivity index is 1.51. The van der Waals surface area contributed by atoms with Crippen molar-refractivity contribution in [3.05, 3.63) is 64.4 Å². The molecule has 1 aliphatic rings. The largest absolute Gasteiger partial charge is 0.497 e. The lowest BCUT2D eigenvalue weighted by atomic mass is 10.1. The SMILES string of the molecule is COc1cccc(C(=O)N2CC(OCc3ccc(F)cc3Cl)C2)c1. The summed E-state index contributed by atoms with van der Waals surface area (Å²) in [5.41, 5.74) is 1.32. The monoisotopic (exact) mass is 349 g/mol. The van der Waals surface area contributed by atoms with Crippen molar-refractivity contribution in [2.45, 2.75) is 12.7 Å². The van der Waals surface area contributed by atoms with Gasteiger partial charge in [-0.1, -0.05) is 23.7 Å². The zero-order valence-electron chi connectivity index (χ0n) is 13.2. The van der Waals surface area contributed by atoms with Crippen molar-refractivity contribution in [2.75, 3.05) is 20.2 Å². The summed E-state index contributed by atoms with van der Waals surface area (Å²) in [4.78, 5) is 14.1. The van der Waals surface area contributed by atoms with E-state index in [0.717, 1.165) is 5.56 Å². The van der Waals surface area contributed by atoms with E-state index in [4.69, 9.17) is 21.1 Å². The van der Waals surface area contributed by atoms with Gasteiger partial charge in [-0.2, -0.15) is 0 Å². The second-order valence-corrected chi connectivity index (χ2v) is 6.02. The molecule has 126 valence electrons. The average molecular weight is 350 g/mol. The number of carbonyl (C=O) groups is 1. The van der Waals surface area contributed by atoms with Crippen LogP contribution in [0.5, 0.6) is 5.75 Å². The second-order valence-electron chi connectivity index (χ2n) is 5.61. The van der Waals surface area contributed by atoms with Crippen molar-refractivity contribution in [3.8, 4) is 5.75 Å². The first kappa shape index (κ1) is 16.7. The molecule has 0 atom stereocenters. The Morgan fingerprint density at radius 2 is 2.08 bits per heavy atom. The van der Waals surface area contributed by atoms with Crippen LogP contribution in [0.3, 0.4) is 0 Å². The smallest absolute Gasteiger partial charge is 0.254 e. The number of rotatable bonds is 5. The van der Waals surface area contributed by atoms with Gasteiger partial charge in [0.05, 0.1) is 19.8 Å². The summed E-state index contributed by atoms with van der Waals surface area (Å²) >= 11 is 5.97. The van der Waals surface area contributed by atoms with Crippen molar-refractivity contribution < 1.29 is 18.7 Å². The highest BCUT2D eigenvalue weighted by Crippen LogP contribution is 2.22. The molecule has 6 heteroatoms. The summed E-state index contributed by atoms with van der Waals surface area (Å²) in [6, 6.07) is 11.3. The first-order valence-electron chi connectivity index (χ1n) is 7.55. The van der Waals surface area contributed by atoms with Crippen LogP contribution in [0.2, 0.25) is 5.02 Å². The van der Waals surface area contributed by atoms with Crippen LogP contribution in [0.25, 0.3) is 0 Å². The number of benzene rings is 2. The molecule has 0 unspecified atom stereocenters. The molecule has 0 saturated carbocycles. The number of amides is 1. The lowest BCUT2D eigenvalue weighted by molar-refractivity contribution is -0.0503. The summed E-state index contributed by atoms with van der Waals surface area (Å²) in [6.07, 6.45) is -0.0410. The van der Waals surface area contributed by atoms with Gasteiger partial charge in [-0.15, -0.1) is 0 Å². The predicted octanol–water partition coefficient (Wildman–Crippen LogP) is 3.53. The third-order valence-electron chi connectivity index (χ3n) is 3.94. The van der Waals surface area contributed by atoms with Gasteiger partial charge in [-0.05, 0) is 35.9 Å². The van der Waals surface area contributed by atoms with Crippen molar-refractivity contribution in [2.24, 2.45) is 0 Å². The highest BCUT2D eigenvalue weighted by Gasteiger charge is 2.32. The quantitative estimate of drug-likeness (QED) is 0.829. The van der Waals surface area contributed by atoms with E-state index in [1.165, 1.54) is 12.1 Å². The summed E-state index contributed by atoms with van der Waals surface area (Å²) in [6.45, 7) is 1.34. The molecule has 0 spiro atoms.